The molecule has 0 unspecified atom stereocenters. The van der Waals surface area contributed by atoms with Crippen LogP contribution in [0.1, 0.15) is 16.7 Å². The third-order valence-electron chi connectivity index (χ3n) is 3.42. The van der Waals surface area contributed by atoms with Gasteiger partial charge in [-0.3, -0.25) is 0 Å². The van der Waals surface area contributed by atoms with Gasteiger partial charge in [-0.1, -0.05) is 6.58 Å². The Bertz CT molecular complexity index is 814. The van der Waals surface area contributed by atoms with E-state index < -0.39 is 0 Å². The Kier molecular flexibility index (Phi) is 3.24. The average molecular weight is 290 g/mol. The molecule has 6 heteroatoms. The predicted octanol–water partition coefficient (Wildman–Crippen LogP) is 2.56. The number of nitriles is 1. The quantitative estimate of drug-likeness (QED) is 0.883. The first kappa shape index (κ1) is 13.6. The molecule has 6 nitrogen and oxygen atoms in total. The molecule has 22 heavy (non-hydrogen) atoms. The minimum absolute atomic E-state index is 0.412. The maximum absolute atomic E-state index is 8.77. The van der Waals surface area contributed by atoms with Gasteiger partial charge < -0.3 is 16.0 Å². The smallest absolute Gasteiger partial charge is 0.135 e. The molecule has 108 valence electrons. The van der Waals surface area contributed by atoms with Gasteiger partial charge in [0.1, 0.15) is 23.5 Å². The van der Waals surface area contributed by atoms with Gasteiger partial charge in [0.25, 0.3) is 0 Å². The van der Waals surface area contributed by atoms with E-state index in [1.807, 2.05) is 36.4 Å². The highest BCUT2D eigenvalue weighted by atomic mass is 15.1. The molecule has 3 rings (SSSR count). The minimum atomic E-state index is 0.412. The summed E-state index contributed by atoms with van der Waals surface area (Å²) in [6.07, 6.45) is 5.38. The Hall–Kier alpha value is -3.33. The molecule has 1 aliphatic rings. The fraction of sp³-hybridized carbons (Fsp3) is 0.0625. The van der Waals surface area contributed by atoms with Crippen molar-refractivity contribution in [2.75, 3.05) is 18.1 Å². The molecule has 0 amide bonds. The van der Waals surface area contributed by atoms with Crippen LogP contribution >= 0.6 is 0 Å². The van der Waals surface area contributed by atoms with Crippen LogP contribution in [-0.4, -0.2) is 21.9 Å². The van der Waals surface area contributed by atoms with E-state index in [2.05, 4.69) is 21.9 Å². The van der Waals surface area contributed by atoms with Crippen LogP contribution in [0.3, 0.4) is 0 Å². The number of rotatable bonds is 2. The van der Waals surface area contributed by atoms with Crippen LogP contribution in [0.15, 0.2) is 37.2 Å². The van der Waals surface area contributed by atoms with Crippen molar-refractivity contribution < 1.29 is 0 Å². The highest BCUT2D eigenvalue weighted by Crippen LogP contribution is 2.32. The van der Waals surface area contributed by atoms with Gasteiger partial charge in [-0.2, -0.15) is 5.26 Å². The number of nitrogens with one attached hydrogen (secondary N) is 1. The number of aromatic nitrogens is 2. The van der Waals surface area contributed by atoms with Crippen LogP contribution in [0.2, 0.25) is 0 Å². The largest absolute Gasteiger partial charge is 0.383 e. The first-order valence-corrected chi connectivity index (χ1v) is 6.62. The van der Waals surface area contributed by atoms with Gasteiger partial charge in [-0.05, 0) is 29.8 Å². The van der Waals surface area contributed by atoms with Gasteiger partial charge in [0.15, 0.2) is 0 Å². The van der Waals surface area contributed by atoms with E-state index >= 15 is 0 Å². The number of anilines is 3. The minimum Gasteiger partial charge on any atom is -0.383 e. The molecule has 0 saturated heterocycles. The molecule has 0 aliphatic carbocycles. The third kappa shape index (κ3) is 2.36. The summed E-state index contributed by atoms with van der Waals surface area (Å²) in [6.45, 7) is 4.02. The molecule has 3 N–H and O–H groups in total. The van der Waals surface area contributed by atoms with E-state index in [0.717, 1.165) is 16.8 Å². The van der Waals surface area contributed by atoms with Crippen molar-refractivity contribution in [3.63, 3.8) is 0 Å². The van der Waals surface area contributed by atoms with Crippen LogP contribution in [0.25, 0.3) is 11.8 Å². The van der Waals surface area contributed by atoms with Crippen molar-refractivity contribution in [2.45, 2.75) is 0 Å². The summed E-state index contributed by atoms with van der Waals surface area (Å²) in [5.74, 6) is 1.60. The van der Waals surface area contributed by atoms with Crippen LogP contribution in [0.5, 0.6) is 0 Å². The van der Waals surface area contributed by atoms with Crippen molar-refractivity contribution >= 4 is 29.2 Å². The Morgan fingerprint density at radius 1 is 1.36 bits per heavy atom. The van der Waals surface area contributed by atoms with Crippen molar-refractivity contribution in [3.05, 3.63) is 53.9 Å². The Balaban J connectivity index is 1.94. The molecule has 3 heterocycles. The second-order valence-electron chi connectivity index (χ2n) is 4.90. The zero-order valence-electron chi connectivity index (χ0n) is 12.0. The molecular weight excluding hydrogens is 276 g/mol. The van der Waals surface area contributed by atoms with Crippen LogP contribution in [-0.2, 0) is 0 Å². The number of hydrogen-bond acceptors (Lipinski definition) is 6. The summed E-state index contributed by atoms with van der Waals surface area (Å²) >= 11 is 0. The number of nitrogen functional groups attached to an aromatic ring is 1. The van der Waals surface area contributed by atoms with Gasteiger partial charge in [0.2, 0.25) is 0 Å². The summed E-state index contributed by atoms with van der Waals surface area (Å²) in [6, 6.07) is 7.33. The summed E-state index contributed by atoms with van der Waals surface area (Å²) < 4.78 is 0. The van der Waals surface area contributed by atoms with E-state index in [1.165, 1.54) is 6.20 Å². The summed E-state index contributed by atoms with van der Waals surface area (Å²) in [7, 11) is 1.91. The van der Waals surface area contributed by atoms with Crippen LogP contribution in [0, 0.1) is 11.3 Å². The van der Waals surface area contributed by atoms with E-state index in [9.17, 15) is 0 Å². The Labute approximate surface area is 128 Å². The molecular formula is C16H14N6. The van der Waals surface area contributed by atoms with Crippen molar-refractivity contribution in [1.29, 1.82) is 5.26 Å². The molecule has 0 spiro atoms. The van der Waals surface area contributed by atoms with E-state index in [4.69, 9.17) is 11.0 Å². The third-order valence-corrected chi connectivity index (χ3v) is 3.42. The molecule has 0 radical (unpaired) electrons. The molecule has 0 bridgehead atoms. The maximum atomic E-state index is 8.77. The number of nitrogens with two attached hydrogens (primary N) is 1. The predicted molar refractivity (Wildman–Crippen MR) is 86.7 cm³/mol. The molecule has 0 aromatic carbocycles. The van der Waals surface area contributed by atoms with Crippen molar-refractivity contribution in [1.82, 2.24) is 14.9 Å². The lowest BCUT2D eigenvalue weighted by Gasteiger charge is -2.24. The average Bonchev–Trinajstić information content (AvgIpc) is 2.51. The van der Waals surface area contributed by atoms with Crippen molar-refractivity contribution in [2.24, 2.45) is 0 Å². The Morgan fingerprint density at radius 3 is 2.86 bits per heavy atom. The molecule has 0 fully saturated rings. The highest BCUT2D eigenvalue weighted by molar-refractivity contribution is 5.83. The van der Waals surface area contributed by atoms with Crippen LogP contribution < -0.4 is 11.1 Å². The SMILES string of the molecule is C=C1c2c(cc(Nc3ccc(C#N)cn3)nc2N)C=CN1C. The normalized spacial score (nSPS) is 12.7. The lowest BCUT2D eigenvalue weighted by molar-refractivity contribution is 0.656. The second kappa shape index (κ2) is 5.22. The van der Waals surface area contributed by atoms with Gasteiger partial charge in [-0.25, -0.2) is 9.97 Å². The standard InChI is InChI=1S/C16H14N6/c1-10-15-12(5-6-22(10)2)7-14(21-16(15)18)20-13-4-3-11(8-17)9-19-13/h3-7,9H,1H2,2H3,(H3,18,19,20,21). The zero-order chi connectivity index (χ0) is 15.7. The number of nitrogens with zero attached hydrogens (tertiary/aromatic N) is 4. The lowest BCUT2D eigenvalue weighted by Crippen LogP contribution is -2.15. The maximum Gasteiger partial charge on any atom is 0.135 e. The number of pyridine rings is 2. The zero-order valence-corrected chi connectivity index (χ0v) is 12.0. The lowest BCUT2D eigenvalue weighted by atomic mass is 10.0. The molecule has 2 aromatic rings. The first-order valence-electron chi connectivity index (χ1n) is 6.62. The van der Waals surface area contributed by atoms with Crippen molar-refractivity contribution in [3.8, 4) is 6.07 Å². The van der Waals surface area contributed by atoms with Gasteiger partial charge in [-0.15, -0.1) is 0 Å². The summed E-state index contributed by atoms with van der Waals surface area (Å²) in [4.78, 5) is 10.4. The topological polar surface area (TPSA) is 90.9 Å². The number of hydrogen-bond donors (Lipinski definition) is 2. The fourth-order valence-corrected chi connectivity index (χ4v) is 2.22. The highest BCUT2D eigenvalue weighted by Gasteiger charge is 2.17. The van der Waals surface area contributed by atoms with E-state index in [-0.39, 0.29) is 0 Å². The van der Waals surface area contributed by atoms with E-state index in [1.54, 1.807) is 12.1 Å². The molecule has 2 aromatic heterocycles. The second-order valence-corrected chi connectivity index (χ2v) is 4.90. The van der Waals surface area contributed by atoms with Crippen LogP contribution in [0.4, 0.5) is 17.5 Å². The van der Waals surface area contributed by atoms with Gasteiger partial charge in [0.05, 0.1) is 5.56 Å². The summed E-state index contributed by atoms with van der Waals surface area (Å²) in [5, 5.41) is 11.9. The van der Waals surface area contributed by atoms with Gasteiger partial charge in [0, 0.05) is 30.7 Å². The first-order chi connectivity index (χ1) is 10.6. The molecule has 0 saturated carbocycles. The van der Waals surface area contributed by atoms with Gasteiger partial charge >= 0.3 is 0 Å². The Morgan fingerprint density at radius 2 is 2.18 bits per heavy atom. The molecule has 1 aliphatic heterocycles. The summed E-state index contributed by atoms with van der Waals surface area (Å²) in [5.41, 5.74) is 9.16. The molecule has 0 atom stereocenters. The monoisotopic (exact) mass is 290 g/mol. The fourth-order valence-electron chi connectivity index (χ4n) is 2.22. The van der Waals surface area contributed by atoms with E-state index in [0.29, 0.717) is 23.0 Å². The number of fused-ring (bicyclic) bond motifs is 1.